The maximum absolute atomic E-state index is 13.7. The molecule has 0 saturated carbocycles. The van der Waals surface area contributed by atoms with E-state index >= 15 is 0 Å². The quantitative estimate of drug-likeness (QED) is 0.390. The molecule has 2 aromatic rings. The van der Waals surface area contributed by atoms with Gasteiger partial charge in [0.2, 0.25) is 0 Å². The van der Waals surface area contributed by atoms with E-state index < -0.39 is 16.6 Å². The van der Waals surface area contributed by atoms with E-state index in [0.29, 0.717) is 11.3 Å². The SMILES string of the molecule is Cc1cc([N+](=O)[O-])ccc1Oc1cccc(F)c1C(=N)N. The van der Waals surface area contributed by atoms with E-state index in [1.165, 1.54) is 36.4 Å². The van der Waals surface area contributed by atoms with Gasteiger partial charge in [-0.15, -0.1) is 0 Å². The molecule has 3 N–H and O–H groups in total. The monoisotopic (exact) mass is 289 g/mol. The number of nitrogens with one attached hydrogen (secondary N) is 1. The molecule has 0 bridgehead atoms. The zero-order chi connectivity index (χ0) is 15.6. The maximum Gasteiger partial charge on any atom is 0.269 e. The molecule has 0 fully saturated rings. The highest BCUT2D eigenvalue weighted by Gasteiger charge is 2.15. The van der Waals surface area contributed by atoms with Gasteiger partial charge in [0.1, 0.15) is 23.2 Å². The Morgan fingerprint density at radius 3 is 2.62 bits per heavy atom. The fourth-order valence-corrected chi connectivity index (χ4v) is 1.83. The molecule has 0 aliphatic carbocycles. The van der Waals surface area contributed by atoms with Crippen molar-refractivity contribution >= 4 is 11.5 Å². The lowest BCUT2D eigenvalue weighted by atomic mass is 10.1. The van der Waals surface area contributed by atoms with Gasteiger partial charge in [-0.3, -0.25) is 15.5 Å². The lowest BCUT2D eigenvalue weighted by Crippen LogP contribution is -2.14. The Morgan fingerprint density at radius 2 is 2.05 bits per heavy atom. The van der Waals surface area contributed by atoms with Gasteiger partial charge in [-0.25, -0.2) is 4.39 Å². The molecule has 0 aromatic heterocycles. The van der Waals surface area contributed by atoms with Gasteiger partial charge < -0.3 is 10.5 Å². The van der Waals surface area contributed by atoms with Crippen molar-refractivity contribution in [2.45, 2.75) is 6.92 Å². The molecule has 0 spiro atoms. The number of non-ortho nitro benzene ring substituents is 1. The third-order valence-electron chi connectivity index (χ3n) is 2.83. The van der Waals surface area contributed by atoms with Gasteiger partial charge in [-0.1, -0.05) is 6.07 Å². The van der Waals surface area contributed by atoms with Crippen LogP contribution in [0, 0.1) is 28.3 Å². The molecule has 2 aromatic carbocycles. The minimum Gasteiger partial charge on any atom is -0.456 e. The normalized spacial score (nSPS) is 10.2. The van der Waals surface area contributed by atoms with Crippen LogP contribution < -0.4 is 10.5 Å². The molecule has 0 unspecified atom stereocenters. The fourth-order valence-electron chi connectivity index (χ4n) is 1.83. The van der Waals surface area contributed by atoms with Crippen molar-refractivity contribution in [1.29, 1.82) is 5.41 Å². The zero-order valence-corrected chi connectivity index (χ0v) is 11.1. The molecule has 0 atom stereocenters. The summed E-state index contributed by atoms with van der Waals surface area (Å²) in [6.07, 6.45) is 0. The topological polar surface area (TPSA) is 102 Å². The van der Waals surface area contributed by atoms with Crippen LogP contribution in [0.25, 0.3) is 0 Å². The largest absolute Gasteiger partial charge is 0.456 e. The Kier molecular flexibility index (Phi) is 3.84. The summed E-state index contributed by atoms with van der Waals surface area (Å²) >= 11 is 0. The predicted molar refractivity (Wildman–Crippen MR) is 75.3 cm³/mol. The van der Waals surface area contributed by atoms with Crippen LogP contribution >= 0.6 is 0 Å². The van der Waals surface area contributed by atoms with E-state index in [-0.39, 0.29) is 17.0 Å². The Bertz CT molecular complexity index is 731. The minimum atomic E-state index is -0.667. The van der Waals surface area contributed by atoms with Crippen LogP contribution in [0.4, 0.5) is 10.1 Å². The number of aryl methyl sites for hydroxylation is 1. The van der Waals surface area contributed by atoms with Crippen LogP contribution in [-0.4, -0.2) is 10.8 Å². The number of nitro benzene ring substituents is 1. The summed E-state index contributed by atoms with van der Waals surface area (Å²) in [4.78, 5) is 10.2. The second kappa shape index (κ2) is 5.58. The standard InChI is InChI=1S/C14H12FN3O3/c1-8-7-9(18(19)20)5-6-11(8)21-12-4-2-3-10(15)13(12)14(16)17/h2-7H,1H3,(H3,16,17). The number of ether oxygens (including phenoxy) is 1. The zero-order valence-electron chi connectivity index (χ0n) is 11.1. The highest BCUT2D eigenvalue weighted by atomic mass is 19.1. The molecule has 0 radical (unpaired) electrons. The molecular weight excluding hydrogens is 277 g/mol. The molecule has 0 aliphatic rings. The van der Waals surface area contributed by atoms with Gasteiger partial charge in [-0.2, -0.15) is 0 Å². The number of halogens is 1. The second-order valence-electron chi connectivity index (χ2n) is 4.34. The first kappa shape index (κ1) is 14.4. The van der Waals surface area contributed by atoms with Crippen molar-refractivity contribution in [3.63, 3.8) is 0 Å². The number of nitrogen functional groups attached to an aromatic ring is 1. The van der Waals surface area contributed by atoms with Crippen LogP contribution in [0.15, 0.2) is 36.4 Å². The van der Waals surface area contributed by atoms with E-state index in [1.54, 1.807) is 6.92 Å². The van der Waals surface area contributed by atoms with Gasteiger partial charge in [-0.05, 0) is 30.7 Å². The number of nitrogens with zero attached hydrogens (tertiary/aromatic N) is 1. The van der Waals surface area contributed by atoms with Gasteiger partial charge in [0.25, 0.3) is 5.69 Å². The van der Waals surface area contributed by atoms with E-state index in [4.69, 9.17) is 15.9 Å². The number of nitrogens with two attached hydrogens (primary N) is 1. The minimum absolute atomic E-state index is 0.0640. The van der Waals surface area contributed by atoms with E-state index in [0.717, 1.165) is 0 Å². The average Bonchev–Trinajstić information content (AvgIpc) is 2.40. The molecule has 0 saturated heterocycles. The van der Waals surface area contributed by atoms with Crippen molar-refractivity contribution < 1.29 is 14.1 Å². The van der Waals surface area contributed by atoms with Crippen molar-refractivity contribution in [2.75, 3.05) is 0 Å². The molecule has 0 aliphatic heterocycles. The molecule has 7 heteroatoms. The summed E-state index contributed by atoms with van der Waals surface area (Å²) in [5.41, 5.74) is 5.65. The van der Waals surface area contributed by atoms with Gasteiger partial charge in [0.05, 0.1) is 10.5 Å². The Balaban J connectivity index is 2.42. The van der Waals surface area contributed by atoms with Gasteiger partial charge in [0, 0.05) is 12.1 Å². The summed E-state index contributed by atoms with van der Waals surface area (Å²) < 4.78 is 19.2. The lowest BCUT2D eigenvalue weighted by molar-refractivity contribution is -0.384. The first-order valence-corrected chi connectivity index (χ1v) is 5.96. The molecular formula is C14H12FN3O3. The predicted octanol–water partition coefficient (Wildman–Crippen LogP) is 3.12. The van der Waals surface area contributed by atoms with Crippen molar-refractivity contribution in [3.05, 3.63) is 63.5 Å². The van der Waals surface area contributed by atoms with Crippen LogP contribution in [-0.2, 0) is 0 Å². The third-order valence-corrected chi connectivity index (χ3v) is 2.83. The number of rotatable bonds is 4. The number of benzene rings is 2. The van der Waals surface area contributed by atoms with Gasteiger partial charge in [0.15, 0.2) is 0 Å². The summed E-state index contributed by atoms with van der Waals surface area (Å²) in [6.45, 7) is 1.63. The van der Waals surface area contributed by atoms with Crippen molar-refractivity contribution in [3.8, 4) is 11.5 Å². The van der Waals surface area contributed by atoms with Crippen molar-refractivity contribution in [1.82, 2.24) is 0 Å². The smallest absolute Gasteiger partial charge is 0.269 e. The van der Waals surface area contributed by atoms with E-state index in [2.05, 4.69) is 0 Å². The summed E-state index contributed by atoms with van der Waals surface area (Å²) in [5.74, 6) is -0.713. The Hall–Kier alpha value is -2.96. The fraction of sp³-hybridized carbons (Fsp3) is 0.0714. The molecule has 21 heavy (non-hydrogen) atoms. The Morgan fingerprint density at radius 1 is 1.33 bits per heavy atom. The Labute approximate surface area is 119 Å². The van der Waals surface area contributed by atoms with Gasteiger partial charge >= 0.3 is 0 Å². The van der Waals surface area contributed by atoms with E-state index in [1.807, 2.05) is 0 Å². The second-order valence-corrected chi connectivity index (χ2v) is 4.34. The van der Waals surface area contributed by atoms with Crippen LogP contribution in [0.1, 0.15) is 11.1 Å². The summed E-state index contributed by atoms with van der Waals surface area (Å²) in [6, 6.07) is 8.13. The van der Waals surface area contributed by atoms with E-state index in [9.17, 15) is 14.5 Å². The molecule has 2 rings (SSSR count). The lowest BCUT2D eigenvalue weighted by Gasteiger charge is -2.12. The maximum atomic E-state index is 13.7. The first-order chi connectivity index (χ1) is 9.90. The van der Waals surface area contributed by atoms with Crippen LogP contribution in [0.2, 0.25) is 0 Å². The van der Waals surface area contributed by atoms with Crippen molar-refractivity contribution in [2.24, 2.45) is 5.73 Å². The molecule has 0 amide bonds. The van der Waals surface area contributed by atoms with Crippen LogP contribution in [0.5, 0.6) is 11.5 Å². The molecule has 108 valence electrons. The van der Waals surface area contributed by atoms with Crippen LogP contribution in [0.3, 0.4) is 0 Å². The number of amidine groups is 1. The highest BCUT2D eigenvalue weighted by molar-refractivity contribution is 5.98. The first-order valence-electron chi connectivity index (χ1n) is 5.96. The number of hydrogen-bond donors (Lipinski definition) is 2. The highest BCUT2D eigenvalue weighted by Crippen LogP contribution is 2.31. The summed E-state index contributed by atoms with van der Waals surface area (Å²) in [5, 5.41) is 18.1. The molecule has 6 nitrogen and oxygen atoms in total. The number of nitro groups is 1. The average molecular weight is 289 g/mol. The summed E-state index contributed by atoms with van der Waals surface area (Å²) in [7, 11) is 0. The third kappa shape index (κ3) is 2.97. The number of hydrogen-bond acceptors (Lipinski definition) is 4. The molecule has 0 heterocycles.